The number of nitrogens with zero attached hydrogens (tertiary/aromatic N) is 3. The van der Waals surface area contributed by atoms with Gasteiger partial charge in [0.15, 0.2) is 11.5 Å². The van der Waals surface area contributed by atoms with Crippen molar-refractivity contribution in [3.05, 3.63) is 12.1 Å². The number of rotatable bonds is 2. The summed E-state index contributed by atoms with van der Waals surface area (Å²) in [5, 5.41) is 6.75. The molecule has 114 valence electrons. The van der Waals surface area contributed by atoms with Crippen LogP contribution in [-0.4, -0.2) is 38.8 Å². The van der Waals surface area contributed by atoms with Crippen LogP contribution in [0, 0.1) is 0 Å². The van der Waals surface area contributed by atoms with Gasteiger partial charge in [0.1, 0.15) is 13.2 Å². The highest BCUT2D eigenvalue weighted by atomic mass is 16.6. The number of H-pyrrole nitrogens is 1. The van der Waals surface area contributed by atoms with E-state index in [4.69, 9.17) is 9.47 Å². The van der Waals surface area contributed by atoms with E-state index in [-0.39, 0.29) is 0 Å². The molecule has 22 heavy (non-hydrogen) atoms. The van der Waals surface area contributed by atoms with Crippen molar-refractivity contribution in [2.45, 2.75) is 31.7 Å². The first-order valence-electron chi connectivity index (χ1n) is 7.81. The summed E-state index contributed by atoms with van der Waals surface area (Å²) in [5.41, 5.74) is 1.81. The van der Waals surface area contributed by atoms with Gasteiger partial charge in [-0.25, -0.2) is 9.50 Å². The van der Waals surface area contributed by atoms with Crippen molar-refractivity contribution < 1.29 is 9.47 Å². The molecular weight excluding hydrogens is 282 g/mol. The van der Waals surface area contributed by atoms with Crippen LogP contribution in [0.2, 0.25) is 0 Å². The zero-order valence-electron chi connectivity index (χ0n) is 12.1. The molecular formula is C15H17N5O2. The minimum atomic E-state index is 0.520. The minimum Gasteiger partial charge on any atom is -0.486 e. The van der Waals surface area contributed by atoms with E-state index in [1.165, 1.54) is 25.7 Å². The summed E-state index contributed by atoms with van der Waals surface area (Å²) in [6.45, 7) is 1.16. The number of hydrogen-bond donors (Lipinski definition) is 2. The molecule has 1 fully saturated rings. The molecule has 2 N–H and O–H groups in total. The normalized spacial score (nSPS) is 18.4. The van der Waals surface area contributed by atoms with E-state index in [9.17, 15) is 0 Å². The maximum absolute atomic E-state index is 5.65. The number of fused-ring (bicyclic) bond motifs is 4. The van der Waals surface area contributed by atoms with Gasteiger partial charge in [0.05, 0.1) is 11.0 Å². The molecule has 0 amide bonds. The van der Waals surface area contributed by atoms with Crippen molar-refractivity contribution in [3.8, 4) is 11.5 Å². The molecule has 1 aliphatic carbocycles. The third-order valence-electron chi connectivity index (χ3n) is 4.43. The zero-order valence-corrected chi connectivity index (χ0v) is 12.1. The van der Waals surface area contributed by atoms with Crippen LogP contribution in [0.15, 0.2) is 12.1 Å². The number of hydrogen-bond acceptors (Lipinski definition) is 5. The zero-order chi connectivity index (χ0) is 14.5. The molecule has 7 nitrogen and oxygen atoms in total. The van der Waals surface area contributed by atoms with Crippen molar-refractivity contribution in [2.24, 2.45) is 0 Å². The average Bonchev–Trinajstić information content (AvgIpc) is 3.22. The molecule has 2 aromatic heterocycles. The molecule has 0 bridgehead atoms. The molecule has 1 saturated carbocycles. The second-order valence-electron chi connectivity index (χ2n) is 5.93. The van der Waals surface area contributed by atoms with Crippen LogP contribution in [0.25, 0.3) is 16.8 Å². The number of aromatic amines is 1. The molecule has 1 aliphatic heterocycles. The quantitative estimate of drug-likeness (QED) is 0.759. The first-order valence-corrected chi connectivity index (χ1v) is 7.81. The average molecular weight is 299 g/mol. The molecule has 0 unspecified atom stereocenters. The van der Waals surface area contributed by atoms with E-state index in [0.717, 1.165) is 28.5 Å². The Hall–Kier alpha value is -2.44. The van der Waals surface area contributed by atoms with Gasteiger partial charge < -0.3 is 14.8 Å². The van der Waals surface area contributed by atoms with E-state index in [0.29, 0.717) is 25.0 Å². The fourth-order valence-electron chi connectivity index (χ4n) is 3.35. The molecule has 2 aliphatic rings. The first-order chi connectivity index (χ1) is 10.9. The van der Waals surface area contributed by atoms with Gasteiger partial charge in [0.2, 0.25) is 5.95 Å². The maximum Gasteiger partial charge on any atom is 0.253 e. The maximum atomic E-state index is 5.65. The molecule has 0 spiro atoms. The topological polar surface area (TPSA) is 76.5 Å². The summed E-state index contributed by atoms with van der Waals surface area (Å²) >= 11 is 0. The second-order valence-corrected chi connectivity index (χ2v) is 5.93. The number of anilines is 1. The van der Waals surface area contributed by atoms with Crippen molar-refractivity contribution in [2.75, 3.05) is 18.5 Å². The Balaban J connectivity index is 1.57. The highest BCUT2D eigenvalue weighted by molar-refractivity contribution is 5.83. The SMILES string of the molecule is c1c2c(cc3c1nc1nc(NC4CCCC4)[nH]n13)OCCO2. The smallest absolute Gasteiger partial charge is 0.253 e. The van der Waals surface area contributed by atoms with Crippen LogP contribution >= 0.6 is 0 Å². The lowest BCUT2D eigenvalue weighted by Crippen LogP contribution is -2.15. The van der Waals surface area contributed by atoms with E-state index in [1.54, 1.807) is 0 Å². The minimum absolute atomic E-state index is 0.520. The summed E-state index contributed by atoms with van der Waals surface area (Å²) in [6, 6.07) is 4.39. The van der Waals surface area contributed by atoms with Gasteiger partial charge in [-0.2, -0.15) is 4.98 Å². The number of ether oxygens (including phenoxy) is 2. The lowest BCUT2D eigenvalue weighted by Gasteiger charge is -2.17. The summed E-state index contributed by atoms with van der Waals surface area (Å²) < 4.78 is 13.1. The molecule has 1 aromatic carbocycles. The van der Waals surface area contributed by atoms with Gasteiger partial charge in [0.25, 0.3) is 5.78 Å². The Bertz CT molecular complexity index is 846. The van der Waals surface area contributed by atoms with Crippen LogP contribution in [0.3, 0.4) is 0 Å². The number of benzene rings is 1. The number of nitrogens with one attached hydrogen (secondary N) is 2. The van der Waals surface area contributed by atoms with Crippen molar-refractivity contribution in [3.63, 3.8) is 0 Å². The van der Waals surface area contributed by atoms with Gasteiger partial charge in [-0.3, -0.25) is 5.10 Å². The predicted molar refractivity (Wildman–Crippen MR) is 81.7 cm³/mol. The summed E-state index contributed by atoms with van der Waals surface area (Å²) in [4.78, 5) is 9.11. The molecule has 0 atom stereocenters. The lowest BCUT2D eigenvalue weighted by molar-refractivity contribution is 0.172. The van der Waals surface area contributed by atoms with Crippen molar-refractivity contribution in [1.29, 1.82) is 0 Å². The number of aromatic nitrogens is 4. The lowest BCUT2D eigenvalue weighted by atomic mass is 10.2. The summed E-state index contributed by atoms with van der Waals surface area (Å²) in [5.74, 6) is 2.97. The Kier molecular flexibility index (Phi) is 2.50. The number of imidazole rings is 1. The Morgan fingerprint density at radius 2 is 1.86 bits per heavy atom. The largest absolute Gasteiger partial charge is 0.486 e. The summed E-state index contributed by atoms with van der Waals surface area (Å²) in [6.07, 6.45) is 5.01. The van der Waals surface area contributed by atoms with Gasteiger partial charge in [-0.15, -0.1) is 0 Å². The van der Waals surface area contributed by atoms with Gasteiger partial charge in [-0.05, 0) is 12.8 Å². The standard InChI is InChI=1S/C15H17N5O2/c1-2-4-9(3-1)16-14-18-15-17-10-7-12-13(22-6-5-21-12)8-11(10)20(15)19-14/h7-9H,1-6H2,(H2,16,17,18,19). The van der Waals surface area contributed by atoms with E-state index in [1.807, 2.05) is 16.6 Å². The third-order valence-corrected chi connectivity index (χ3v) is 4.43. The van der Waals surface area contributed by atoms with Crippen molar-refractivity contribution in [1.82, 2.24) is 19.6 Å². The van der Waals surface area contributed by atoms with Gasteiger partial charge >= 0.3 is 0 Å². The fraction of sp³-hybridized carbons (Fsp3) is 0.467. The highest BCUT2D eigenvalue weighted by Gasteiger charge is 2.19. The molecule has 0 saturated heterocycles. The van der Waals surface area contributed by atoms with Crippen LogP contribution in [0.5, 0.6) is 11.5 Å². The Morgan fingerprint density at radius 3 is 2.68 bits per heavy atom. The van der Waals surface area contributed by atoms with Gasteiger partial charge in [-0.1, -0.05) is 12.8 Å². The van der Waals surface area contributed by atoms with Crippen LogP contribution < -0.4 is 14.8 Å². The molecule has 3 aromatic rings. The Labute approximate surface area is 126 Å². The van der Waals surface area contributed by atoms with Crippen LogP contribution in [-0.2, 0) is 0 Å². The predicted octanol–water partition coefficient (Wildman–Crippen LogP) is 2.34. The molecule has 7 heteroatoms. The monoisotopic (exact) mass is 299 g/mol. The van der Waals surface area contributed by atoms with Crippen molar-refractivity contribution >= 4 is 22.8 Å². The van der Waals surface area contributed by atoms with Gasteiger partial charge in [0, 0.05) is 18.2 Å². The van der Waals surface area contributed by atoms with E-state index < -0.39 is 0 Å². The molecule has 3 heterocycles. The Morgan fingerprint density at radius 1 is 1.09 bits per heavy atom. The van der Waals surface area contributed by atoms with E-state index >= 15 is 0 Å². The first kappa shape index (κ1) is 12.1. The van der Waals surface area contributed by atoms with Crippen LogP contribution in [0.1, 0.15) is 25.7 Å². The van der Waals surface area contributed by atoms with E-state index in [2.05, 4.69) is 20.4 Å². The second kappa shape index (κ2) is 4.53. The molecule has 0 radical (unpaired) electrons. The molecule has 5 rings (SSSR count). The van der Waals surface area contributed by atoms with Crippen LogP contribution in [0.4, 0.5) is 5.95 Å². The third kappa shape index (κ3) is 1.81. The highest BCUT2D eigenvalue weighted by Crippen LogP contribution is 2.34. The summed E-state index contributed by atoms with van der Waals surface area (Å²) in [7, 11) is 0. The fourth-order valence-corrected chi connectivity index (χ4v) is 3.35.